The third kappa shape index (κ3) is 2.72. The summed E-state index contributed by atoms with van der Waals surface area (Å²) in [4.78, 5) is 13.1. The van der Waals surface area contributed by atoms with Gasteiger partial charge in [0, 0.05) is 11.5 Å². The zero-order valence-corrected chi connectivity index (χ0v) is 11.9. The molecule has 0 bridgehead atoms. The molecule has 2 unspecified atom stereocenters. The standard InChI is InChI=1S/C13H13BrN2O3/c1-16(12-7-19-6-9(12)13(17)18)11-3-2-8(5-15)4-10(11)14/h2-4,9,12H,6-7H2,1H3,(H,17,18). The molecule has 0 aliphatic carbocycles. The molecular weight excluding hydrogens is 312 g/mol. The Morgan fingerprint density at radius 1 is 1.58 bits per heavy atom. The van der Waals surface area contributed by atoms with Crippen molar-refractivity contribution in [2.45, 2.75) is 6.04 Å². The summed E-state index contributed by atoms with van der Waals surface area (Å²) >= 11 is 3.41. The average Bonchev–Trinajstić information content (AvgIpc) is 2.87. The molecule has 2 atom stereocenters. The smallest absolute Gasteiger partial charge is 0.311 e. The summed E-state index contributed by atoms with van der Waals surface area (Å²) in [5, 5.41) is 18.0. The van der Waals surface area contributed by atoms with E-state index in [1.807, 2.05) is 11.9 Å². The van der Waals surface area contributed by atoms with Gasteiger partial charge >= 0.3 is 5.97 Å². The van der Waals surface area contributed by atoms with Crippen molar-refractivity contribution in [3.05, 3.63) is 28.2 Å². The zero-order valence-electron chi connectivity index (χ0n) is 10.3. The molecule has 0 amide bonds. The predicted molar refractivity (Wildman–Crippen MR) is 73.0 cm³/mol. The van der Waals surface area contributed by atoms with E-state index < -0.39 is 11.9 Å². The van der Waals surface area contributed by atoms with Gasteiger partial charge in [0.2, 0.25) is 0 Å². The number of halogens is 1. The molecule has 1 saturated heterocycles. The molecule has 6 heteroatoms. The summed E-state index contributed by atoms with van der Waals surface area (Å²) in [5.74, 6) is -1.38. The van der Waals surface area contributed by atoms with E-state index >= 15 is 0 Å². The van der Waals surface area contributed by atoms with Crippen LogP contribution in [0.2, 0.25) is 0 Å². The number of aliphatic carboxylic acids is 1. The van der Waals surface area contributed by atoms with Crippen molar-refractivity contribution in [1.29, 1.82) is 5.26 Å². The van der Waals surface area contributed by atoms with Gasteiger partial charge in [0.15, 0.2) is 0 Å². The molecule has 19 heavy (non-hydrogen) atoms. The second kappa shape index (κ2) is 5.59. The Morgan fingerprint density at radius 2 is 2.32 bits per heavy atom. The highest BCUT2D eigenvalue weighted by molar-refractivity contribution is 9.10. The SMILES string of the molecule is CN(c1ccc(C#N)cc1Br)C1COCC1C(=O)O. The van der Waals surface area contributed by atoms with E-state index in [9.17, 15) is 4.79 Å². The van der Waals surface area contributed by atoms with Crippen molar-refractivity contribution >= 4 is 27.6 Å². The minimum atomic E-state index is -0.848. The average molecular weight is 325 g/mol. The number of rotatable bonds is 3. The molecule has 1 fully saturated rings. The van der Waals surface area contributed by atoms with Crippen molar-refractivity contribution in [1.82, 2.24) is 0 Å². The number of hydrogen-bond acceptors (Lipinski definition) is 4. The van der Waals surface area contributed by atoms with Crippen LogP contribution in [0, 0.1) is 17.2 Å². The van der Waals surface area contributed by atoms with E-state index in [0.717, 1.165) is 10.2 Å². The first kappa shape index (κ1) is 13.8. The summed E-state index contributed by atoms with van der Waals surface area (Å²) in [6.45, 7) is 0.623. The monoisotopic (exact) mass is 324 g/mol. The van der Waals surface area contributed by atoms with Crippen LogP contribution in [0.3, 0.4) is 0 Å². The van der Waals surface area contributed by atoms with Crippen LogP contribution in [0.15, 0.2) is 22.7 Å². The Hall–Kier alpha value is -1.58. The van der Waals surface area contributed by atoms with Gasteiger partial charge < -0.3 is 14.7 Å². The molecule has 0 radical (unpaired) electrons. The van der Waals surface area contributed by atoms with E-state index in [1.54, 1.807) is 18.2 Å². The fourth-order valence-electron chi connectivity index (χ4n) is 2.20. The highest BCUT2D eigenvalue weighted by atomic mass is 79.9. The molecular formula is C13H13BrN2O3. The second-order valence-electron chi connectivity index (χ2n) is 4.44. The maximum Gasteiger partial charge on any atom is 0.311 e. The van der Waals surface area contributed by atoms with Gasteiger partial charge in [-0.3, -0.25) is 4.79 Å². The van der Waals surface area contributed by atoms with Crippen LogP contribution in [0.5, 0.6) is 0 Å². The fraction of sp³-hybridized carbons (Fsp3) is 0.385. The number of anilines is 1. The van der Waals surface area contributed by atoms with E-state index in [-0.39, 0.29) is 12.6 Å². The second-order valence-corrected chi connectivity index (χ2v) is 5.29. The fourth-order valence-corrected chi connectivity index (χ4v) is 2.86. The molecule has 5 nitrogen and oxygen atoms in total. The summed E-state index contributed by atoms with van der Waals surface area (Å²) < 4.78 is 6.04. The lowest BCUT2D eigenvalue weighted by atomic mass is 10.0. The quantitative estimate of drug-likeness (QED) is 0.918. The first-order valence-corrected chi connectivity index (χ1v) is 6.57. The van der Waals surface area contributed by atoms with Crippen molar-refractivity contribution < 1.29 is 14.6 Å². The molecule has 1 aliphatic rings. The number of nitriles is 1. The van der Waals surface area contributed by atoms with Gasteiger partial charge in [-0.1, -0.05) is 0 Å². The first-order chi connectivity index (χ1) is 9.04. The van der Waals surface area contributed by atoms with E-state index in [2.05, 4.69) is 22.0 Å². The largest absolute Gasteiger partial charge is 0.481 e. The minimum Gasteiger partial charge on any atom is -0.481 e. The molecule has 1 N–H and O–H groups in total. The van der Waals surface area contributed by atoms with Gasteiger partial charge in [-0.2, -0.15) is 5.26 Å². The Kier molecular flexibility index (Phi) is 4.08. The van der Waals surface area contributed by atoms with Crippen LogP contribution >= 0.6 is 15.9 Å². The number of nitrogens with zero attached hydrogens (tertiary/aromatic N) is 2. The van der Waals surface area contributed by atoms with Crippen molar-refractivity contribution in [2.24, 2.45) is 5.92 Å². The number of hydrogen-bond donors (Lipinski definition) is 1. The van der Waals surface area contributed by atoms with Crippen molar-refractivity contribution in [3.63, 3.8) is 0 Å². The normalized spacial score (nSPS) is 21.9. The highest BCUT2D eigenvalue weighted by Gasteiger charge is 2.37. The molecule has 2 rings (SSSR count). The molecule has 0 saturated carbocycles. The molecule has 1 aromatic carbocycles. The Morgan fingerprint density at radius 3 is 2.89 bits per heavy atom. The number of carboxylic acids is 1. The van der Waals surface area contributed by atoms with Crippen molar-refractivity contribution in [2.75, 3.05) is 25.2 Å². The van der Waals surface area contributed by atoms with Gasteiger partial charge in [0.05, 0.1) is 36.6 Å². The molecule has 100 valence electrons. The highest BCUT2D eigenvalue weighted by Crippen LogP contribution is 2.31. The molecule has 1 aromatic rings. The van der Waals surface area contributed by atoms with Gasteiger partial charge in [-0.25, -0.2) is 0 Å². The molecule has 0 aromatic heterocycles. The number of benzene rings is 1. The number of carbonyl (C=O) groups is 1. The Bertz CT molecular complexity index is 541. The summed E-state index contributed by atoms with van der Waals surface area (Å²) in [6, 6.07) is 7.09. The molecule has 1 aliphatic heterocycles. The van der Waals surface area contributed by atoms with Crippen LogP contribution in [0.1, 0.15) is 5.56 Å². The van der Waals surface area contributed by atoms with E-state index in [4.69, 9.17) is 15.1 Å². The minimum absolute atomic E-state index is 0.207. The van der Waals surface area contributed by atoms with E-state index in [0.29, 0.717) is 12.2 Å². The lowest BCUT2D eigenvalue weighted by Crippen LogP contribution is -2.41. The van der Waals surface area contributed by atoms with Crippen LogP contribution in [-0.2, 0) is 9.53 Å². The van der Waals surface area contributed by atoms with Crippen LogP contribution in [0.4, 0.5) is 5.69 Å². The van der Waals surface area contributed by atoms with Gasteiger partial charge in [0.1, 0.15) is 5.92 Å². The van der Waals surface area contributed by atoms with Gasteiger partial charge in [-0.15, -0.1) is 0 Å². The Balaban J connectivity index is 2.27. The lowest BCUT2D eigenvalue weighted by molar-refractivity contribution is -0.141. The zero-order chi connectivity index (χ0) is 14.0. The molecule has 0 spiro atoms. The maximum atomic E-state index is 11.2. The summed E-state index contributed by atoms with van der Waals surface area (Å²) in [7, 11) is 1.83. The predicted octanol–water partition coefficient (Wildman–Crippen LogP) is 1.86. The lowest BCUT2D eigenvalue weighted by Gasteiger charge is -2.29. The van der Waals surface area contributed by atoms with Gasteiger partial charge in [-0.05, 0) is 34.1 Å². The van der Waals surface area contributed by atoms with Crippen LogP contribution in [0.25, 0.3) is 0 Å². The third-order valence-corrected chi connectivity index (χ3v) is 3.96. The summed E-state index contributed by atoms with van der Waals surface area (Å²) in [5.41, 5.74) is 1.40. The van der Waals surface area contributed by atoms with Crippen molar-refractivity contribution in [3.8, 4) is 6.07 Å². The maximum absolute atomic E-state index is 11.2. The topological polar surface area (TPSA) is 73.6 Å². The van der Waals surface area contributed by atoms with Crippen LogP contribution in [-0.4, -0.2) is 37.4 Å². The number of ether oxygens (including phenoxy) is 1. The van der Waals surface area contributed by atoms with E-state index in [1.165, 1.54) is 0 Å². The van der Waals surface area contributed by atoms with Crippen LogP contribution < -0.4 is 4.90 Å². The first-order valence-electron chi connectivity index (χ1n) is 5.77. The van der Waals surface area contributed by atoms with Gasteiger partial charge in [0.25, 0.3) is 0 Å². The number of likely N-dealkylation sites (N-methyl/N-ethyl adjacent to an activating group) is 1. The number of carboxylic acid groups (broad SMARTS) is 1. The summed E-state index contributed by atoms with van der Waals surface area (Å²) in [6.07, 6.45) is 0. The third-order valence-electron chi connectivity index (χ3n) is 3.32. The molecule has 1 heterocycles. The Labute approximate surface area is 119 Å².